The molecule has 19 heavy (non-hydrogen) atoms. The number of aromatic nitrogens is 1. The van der Waals surface area contributed by atoms with Crippen LogP contribution in [0, 0.1) is 18.3 Å². The van der Waals surface area contributed by atoms with Crippen LogP contribution in [-0.4, -0.2) is 23.7 Å². The van der Waals surface area contributed by atoms with E-state index in [0.717, 1.165) is 0 Å². The van der Waals surface area contributed by atoms with Gasteiger partial charge in [-0.05, 0) is 27.7 Å². The first kappa shape index (κ1) is 15.3. The molecule has 6 heteroatoms. The van der Waals surface area contributed by atoms with Gasteiger partial charge in [0.05, 0.1) is 16.9 Å². The number of nitriles is 1. The Bertz CT molecular complexity index is 544. The highest BCUT2D eigenvalue weighted by molar-refractivity contribution is 6.29. The molecule has 5 nitrogen and oxygen atoms in total. The molecule has 0 atom stereocenters. The van der Waals surface area contributed by atoms with E-state index in [2.05, 4.69) is 4.98 Å². The maximum absolute atomic E-state index is 12.0. The first-order valence-electron chi connectivity index (χ1n) is 5.69. The lowest BCUT2D eigenvalue weighted by atomic mass is 10.1. The summed E-state index contributed by atoms with van der Waals surface area (Å²) < 4.78 is 5.25. The third-order valence-corrected chi connectivity index (χ3v) is 2.48. The van der Waals surface area contributed by atoms with Crippen molar-refractivity contribution in [3.63, 3.8) is 0 Å². The van der Waals surface area contributed by atoms with Gasteiger partial charge in [0.25, 0.3) is 0 Å². The molecule has 0 saturated heterocycles. The van der Waals surface area contributed by atoms with Crippen LogP contribution in [0.15, 0.2) is 6.07 Å². The lowest BCUT2D eigenvalue weighted by Crippen LogP contribution is -2.34. The van der Waals surface area contributed by atoms with Gasteiger partial charge < -0.3 is 4.74 Å². The fraction of sp³-hybridized carbons (Fsp3) is 0.462. The number of hydrogen-bond acceptors (Lipinski definition) is 4. The average molecular weight is 282 g/mol. The second-order valence-corrected chi connectivity index (χ2v) is 5.46. The van der Waals surface area contributed by atoms with Crippen molar-refractivity contribution < 1.29 is 9.53 Å². The van der Waals surface area contributed by atoms with Crippen molar-refractivity contribution in [2.45, 2.75) is 33.3 Å². The summed E-state index contributed by atoms with van der Waals surface area (Å²) in [6, 6.07) is 3.49. The van der Waals surface area contributed by atoms with Crippen molar-refractivity contribution in [3.05, 3.63) is 22.5 Å². The van der Waals surface area contributed by atoms with E-state index in [0.29, 0.717) is 16.9 Å². The Morgan fingerprint density at radius 3 is 2.58 bits per heavy atom. The van der Waals surface area contributed by atoms with Crippen molar-refractivity contribution >= 4 is 23.4 Å². The minimum absolute atomic E-state index is 0.224. The minimum Gasteiger partial charge on any atom is -0.443 e. The number of nitrogens with zero attached hydrogens (tertiary/aromatic N) is 3. The summed E-state index contributed by atoms with van der Waals surface area (Å²) in [7, 11) is 1.53. The Kier molecular flexibility index (Phi) is 4.38. The number of aryl methyl sites for hydroxylation is 1. The molecule has 0 fully saturated rings. The summed E-state index contributed by atoms with van der Waals surface area (Å²) in [5.74, 6) is 0. The summed E-state index contributed by atoms with van der Waals surface area (Å²) in [6.45, 7) is 6.98. The Hall–Kier alpha value is -1.80. The summed E-state index contributed by atoms with van der Waals surface area (Å²) >= 11 is 5.86. The van der Waals surface area contributed by atoms with Gasteiger partial charge in [0.1, 0.15) is 16.8 Å². The topological polar surface area (TPSA) is 66.2 Å². The number of rotatable bonds is 1. The van der Waals surface area contributed by atoms with Gasteiger partial charge in [-0.3, -0.25) is 4.90 Å². The molecule has 0 spiro atoms. The van der Waals surface area contributed by atoms with Gasteiger partial charge in [-0.15, -0.1) is 0 Å². The predicted molar refractivity (Wildman–Crippen MR) is 73.3 cm³/mol. The molecule has 1 rings (SSSR count). The molecule has 1 aromatic heterocycles. The molecule has 0 aliphatic rings. The van der Waals surface area contributed by atoms with Gasteiger partial charge in [0.2, 0.25) is 0 Å². The van der Waals surface area contributed by atoms with E-state index in [4.69, 9.17) is 21.6 Å². The number of carbonyl (C=O) groups is 1. The monoisotopic (exact) mass is 281 g/mol. The van der Waals surface area contributed by atoms with Gasteiger partial charge in [-0.25, -0.2) is 9.78 Å². The van der Waals surface area contributed by atoms with E-state index >= 15 is 0 Å². The maximum atomic E-state index is 12.0. The Morgan fingerprint density at radius 2 is 2.11 bits per heavy atom. The molecule has 0 aliphatic heterocycles. The van der Waals surface area contributed by atoms with Crippen molar-refractivity contribution in [1.82, 2.24) is 4.98 Å². The van der Waals surface area contributed by atoms with Crippen molar-refractivity contribution in [2.24, 2.45) is 0 Å². The summed E-state index contributed by atoms with van der Waals surface area (Å²) in [6.07, 6.45) is -0.550. The molecule has 1 aromatic rings. The van der Waals surface area contributed by atoms with Crippen molar-refractivity contribution in [2.75, 3.05) is 11.9 Å². The third kappa shape index (κ3) is 3.83. The van der Waals surface area contributed by atoms with Crippen LogP contribution >= 0.6 is 11.6 Å². The standard InChI is InChI=1S/C13H16ClN3O2/c1-8-9(7-15)10(6-11(14)16-8)17(5)12(18)19-13(2,3)4/h6H,1-5H3. The van der Waals surface area contributed by atoms with Crippen LogP contribution in [-0.2, 0) is 4.74 Å². The second kappa shape index (κ2) is 5.45. The van der Waals surface area contributed by atoms with Gasteiger partial charge >= 0.3 is 6.09 Å². The Balaban J connectivity index is 3.16. The second-order valence-electron chi connectivity index (χ2n) is 5.08. The number of halogens is 1. The normalized spacial score (nSPS) is 10.8. The number of amides is 1. The highest BCUT2D eigenvalue weighted by atomic mass is 35.5. The molecule has 0 saturated carbocycles. The van der Waals surface area contributed by atoms with E-state index < -0.39 is 11.7 Å². The van der Waals surface area contributed by atoms with E-state index in [1.165, 1.54) is 18.0 Å². The summed E-state index contributed by atoms with van der Waals surface area (Å²) in [5.41, 5.74) is 0.553. The van der Waals surface area contributed by atoms with Crippen LogP contribution in [0.4, 0.5) is 10.5 Å². The fourth-order valence-electron chi connectivity index (χ4n) is 1.45. The molecule has 1 heterocycles. The van der Waals surface area contributed by atoms with Gasteiger partial charge in [0, 0.05) is 13.1 Å². The number of anilines is 1. The zero-order chi connectivity index (χ0) is 14.8. The molecule has 0 bridgehead atoms. The van der Waals surface area contributed by atoms with Gasteiger partial charge in [0.15, 0.2) is 0 Å². The molecular formula is C13H16ClN3O2. The number of carbonyl (C=O) groups excluding carboxylic acids is 1. The lowest BCUT2D eigenvalue weighted by Gasteiger charge is -2.25. The van der Waals surface area contributed by atoms with Gasteiger partial charge in [-0.1, -0.05) is 11.6 Å². The van der Waals surface area contributed by atoms with Crippen LogP contribution in [0.3, 0.4) is 0 Å². The largest absolute Gasteiger partial charge is 0.443 e. The summed E-state index contributed by atoms with van der Waals surface area (Å²) in [4.78, 5) is 17.2. The lowest BCUT2D eigenvalue weighted by molar-refractivity contribution is 0.0589. The van der Waals surface area contributed by atoms with E-state index in [1.807, 2.05) is 6.07 Å². The molecular weight excluding hydrogens is 266 g/mol. The zero-order valence-electron chi connectivity index (χ0n) is 11.6. The zero-order valence-corrected chi connectivity index (χ0v) is 12.4. The first-order valence-corrected chi connectivity index (χ1v) is 6.07. The molecule has 0 aromatic carbocycles. The number of ether oxygens (including phenoxy) is 1. The first-order chi connectivity index (χ1) is 8.65. The molecule has 0 aliphatic carbocycles. The van der Waals surface area contributed by atoms with E-state index in [1.54, 1.807) is 27.7 Å². The van der Waals surface area contributed by atoms with Crippen LogP contribution in [0.1, 0.15) is 32.0 Å². The molecule has 1 amide bonds. The average Bonchev–Trinajstić information content (AvgIpc) is 2.24. The van der Waals surface area contributed by atoms with Crippen molar-refractivity contribution in [3.8, 4) is 6.07 Å². The molecule has 102 valence electrons. The van der Waals surface area contributed by atoms with E-state index in [-0.39, 0.29) is 5.15 Å². The molecule has 0 N–H and O–H groups in total. The number of pyridine rings is 1. The van der Waals surface area contributed by atoms with Crippen LogP contribution < -0.4 is 4.90 Å². The Labute approximate surface area is 117 Å². The van der Waals surface area contributed by atoms with Crippen LogP contribution in [0.5, 0.6) is 0 Å². The predicted octanol–water partition coefficient (Wildman–Crippen LogP) is 3.29. The smallest absolute Gasteiger partial charge is 0.414 e. The highest BCUT2D eigenvalue weighted by Crippen LogP contribution is 2.25. The van der Waals surface area contributed by atoms with E-state index in [9.17, 15) is 4.79 Å². The van der Waals surface area contributed by atoms with Crippen LogP contribution in [0.2, 0.25) is 5.15 Å². The summed E-state index contributed by atoms with van der Waals surface area (Å²) in [5, 5.41) is 9.37. The Morgan fingerprint density at radius 1 is 1.53 bits per heavy atom. The van der Waals surface area contributed by atoms with Crippen LogP contribution in [0.25, 0.3) is 0 Å². The fourth-order valence-corrected chi connectivity index (χ4v) is 1.68. The SMILES string of the molecule is Cc1nc(Cl)cc(N(C)C(=O)OC(C)(C)C)c1C#N. The number of hydrogen-bond donors (Lipinski definition) is 0. The van der Waals surface area contributed by atoms with Crippen molar-refractivity contribution in [1.29, 1.82) is 5.26 Å². The third-order valence-electron chi connectivity index (χ3n) is 2.29. The van der Waals surface area contributed by atoms with Gasteiger partial charge in [-0.2, -0.15) is 5.26 Å². The minimum atomic E-state index is -0.607. The molecule has 0 radical (unpaired) electrons. The maximum Gasteiger partial charge on any atom is 0.414 e. The quantitative estimate of drug-likeness (QED) is 0.741. The molecule has 0 unspecified atom stereocenters. The highest BCUT2D eigenvalue weighted by Gasteiger charge is 2.23.